The fourth-order valence-corrected chi connectivity index (χ4v) is 3.35. The normalized spacial score (nSPS) is 13.7. The maximum atomic E-state index is 12.1. The Bertz CT molecular complexity index is 582. The van der Waals surface area contributed by atoms with Crippen molar-refractivity contribution in [2.24, 2.45) is 0 Å². The van der Waals surface area contributed by atoms with Gasteiger partial charge in [-0.25, -0.2) is 9.97 Å². The number of anilines is 1. The van der Waals surface area contributed by atoms with E-state index in [9.17, 15) is 4.79 Å². The molecule has 0 aliphatic heterocycles. The molecule has 0 fully saturated rings. The van der Waals surface area contributed by atoms with Crippen molar-refractivity contribution in [1.29, 1.82) is 0 Å². The van der Waals surface area contributed by atoms with Gasteiger partial charge in [0.15, 0.2) is 0 Å². The monoisotopic (exact) mass is 274 g/mol. The van der Waals surface area contributed by atoms with Crippen molar-refractivity contribution in [2.75, 3.05) is 5.43 Å². The van der Waals surface area contributed by atoms with Crippen LogP contribution < -0.4 is 10.9 Å². The minimum Gasteiger partial charge on any atom is -0.267 e. The molecule has 0 saturated carbocycles. The molecule has 0 radical (unpaired) electrons. The van der Waals surface area contributed by atoms with Crippen LogP contribution in [-0.4, -0.2) is 15.9 Å². The summed E-state index contributed by atoms with van der Waals surface area (Å²) in [7, 11) is 0. The summed E-state index contributed by atoms with van der Waals surface area (Å²) in [5.74, 6) is 0.270. The molecule has 2 aromatic heterocycles. The first kappa shape index (κ1) is 12.1. The second kappa shape index (κ2) is 5.36. The number of hydrogen-bond acceptors (Lipinski definition) is 5. The lowest BCUT2D eigenvalue weighted by Crippen LogP contribution is -2.30. The minimum absolute atomic E-state index is 0.119. The van der Waals surface area contributed by atoms with Gasteiger partial charge in [0.05, 0.1) is 5.56 Å². The summed E-state index contributed by atoms with van der Waals surface area (Å²) in [6.45, 7) is 0. The van der Waals surface area contributed by atoms with E-state index < -0.39 is 0 Å². The highest BCUT2D eigenvalue weighted by Crippen LogP contribution is 2.29. The summed E-state index contributed by atoms with van der Waals surface area (Å²) < 4.78 is 0. The first-order valence-corrected chi connectivity index (χ1v) is 7.15. The fourth-order valence-electron chi connectivity index (χ4n) is 2.23. The SMILES string of the molecule is O=C(NNc1ncccn1)c1csc2c1CCCC2. The Kier molecular flexibility index (Phi) is 3.41. The van der Waals surface area contributed by atoms with Crippen LogP contribution in [0.2, 0.25) is 0 Å². The highest BCUT2D eigenvalue weighted by molar-refractivity contribution is 7.10. The summed E-state index contributed by atoms with van der Waals surface area (Å²) in [6, 6.07) is 1.72. The molecule has 98 valence electrons. The molecule has 0 aromatic carbocycles. The number of rotatable bonds is 3. The first-order valence-electron chi connectivity index (χ1n) is 6.27. The Morgan fingerprint density at radius 2 is 2.00 bits per heavy atom. The van der Waals surface area contributed by atoms with Gasteiger partial charge < -0.3 is 0 Å². The van der Waals surface area contributed by atoms with E-state index in [1.54, 1.807) is 29.8 Å². The van der Waals surface area contributed by atoms with E-state index in [4.69, 9.17) is 0 Å². The van der Waals surface area contributed by atoms with Crippen LogP contribution in [-0.2, 0) is 12.8 Å². The van der Waals surface area contributed by atoms with Gasteiger partial charge in [-0.15, -0.1) is 11.3 Å². The number of hydrazine groups is 1. The van der Waals surface area contributed by atoms with Crippen molar-refractivity contribution in [3.63, 3.8) is 0 Å². The van der Waals surface area contributed by atoms with E-state index in [0.29, 0.717) is 5.95 Å². The van der Waals surface area contributed by atoms with Crippen LogP contribution in [0.3, 0.4) is 0 Å². The number of nitrogens with zero attached hydrogens (tertiary/aromatic N) is 2. The number of carbonyl (C=O) groups excluding carboxylic acids is 1. The van der Waals surface area contributed by atoms with E-state index in [1.807, 2.05) is 5.38 Å². The zero-order valence-electron chi connectivity index (χ0n) is 10.3. The molecular formula is C13H14N4OS. The zero-order valence-corrected chi connectivity index (χ0v) is 11.2. The number of aromatic nitrogens is 2. The molecule has 1 amide bonds. The fraction of sp³-hybridized carbons (Fsp3) is 0.308. The van der Waals surface area contributed by atoms with Gasteiger partial charge in [0.2, 0.25) is 5.95 Å². The number of aryl methyl sites for hydroxylation is 1. The highest BCUT2D eigenvalue weighted by Gasteiger charge is 2.19. The van der Waals surface area contributed by atoms with Crippen LogP contribution in [0, 0.1) is 0 Å². The maximum absolute atomic E-state index is 12.1. The molecule has 19 heavy (non-hydrogen) atoms. The molecule has 0 atom stereocenters. The standard InChI is InChI=1S/C13H14N4OS/c18-12(16-17-13-14-6-3-7-15-13)10-8-19-11-5-2-1-4-9(10)11/h3,6-8H,1-2,4-5H2,(H,16,18)(H,14,15,17). The Morgan fingerprint density at radius 1 is 1.21 bits per heavy atom. The molecule has 1 aliphatic rings. The molecule has 0 bridgehead atoms. The smallest absolute Gasteiger partial charge is 0.267 e. The summed E-state index contributed by atoms with van der Waals surface area (Å²) in [5, 5.41) is 1.94. The second-order valence-corrected chi connectivity index (χ2v) is 5.37. The summed E-state index contributed by atoms with van der Waals surface area (Å²) in [4.78, 5) is 21.5. The second-order valence-electron chi connectivity index (χ2n) is 4.41. The molecule has 0 saturated heterocycles. The van der Waals surface area contributed by atoms with Gasteiger partial charge in [-0.05, 0) is 37.3 Å². The van der Waals surface area contributed by atoms with Gasteiger partial charge in [0, 0.05) is 22.7 Å². The third kappa shape index (κ3) is 2.58. The van der Waals surface area contributed by atoms with Crippen molar-refractivity contribution in [3.8, 4) is 0 Å². The Hall–Kier alpha value is -1.95. The predicted octanol–water partition coefficient (Wildman–Crippen LogP) is 2.17. The number of fused-ring (bicyclic) bond motifs is 1. The molecular weight excluding hydrogens is 260 g/mol. The van der Waals surface area contributed by atoms with E-state index in [2.05, 4.69) is 20.8 Å². The van der Waals surface area contributed by atoms with Gasteiger partial charge in [-0.3, -0.25) is 15.6 Å². The third-order valence-electron chi connectivity index (χ3n) is 3.16. The molecule has 3 rings (SSSR count). The van der Waals surface area contributed by atoms with Gasteiger partial charge in [-0.2, -0.15) is 0 Å². The number of hydrogen-bond donors (Lipinski definition) is 2. The van der Waals surface area contributed by atoms with Crippen molar-refractivity contribution in [2.45, 2.75) is 25.7 Å². The lowest BCUT2D eigenvalue weighted by Gasteiger charge is -2.12. The van der Waals surface area contributed by atoms with Crippen LogP contribution in [0.15, 0.2) is 23.8 Å². The Labute approximate surface area is 115 Å². The van der Waals surface area contributed by atoms with Crippen LogP contribution >= 0.6 is 11.3 Å². The lowest BCUT2D eigenvalue weighted by molar-refractivity contribution is 0.0961. The Balaban J connectivity index is 1.69. The molecule has 6 heteroatoms. The van der Waals surface area contributed by atoms with Gasteiger partial charge in [0.1, 0.15) is 0 Å². The molecule has 2 N–H and O–H groups in total. The average molecular weight is 274 g/mol. The minimum atomic E-state index is -0.119. The topological polar surface area (TPSA) is 66.9 Å². The third-order valence-corrected chi connectivity index (χ3v) is 4.25. The average Bonchev–Trinajstić information content (AvgIpc) is 2.90. The summed E-state index contributed by atoms with van der Waals surface area (Å²) >= 11 is 1.68. The van der Waals surface area contributed by atoms with Crippen LogP contribution in [0.25, 0.3) is 0 Å². The number of amides is 1. The van der Waals surface area contributed by atoms with Crippen molar-refractivity contribution in [1.82, 2.24) is 15.4 Å². The van der Waals surface area contributed by atoms with E-state index >= 15 is 0 Å². The first-order chi connectivity index (χ1) is 9.34. The molecule has 2 heterocycles. The molecule has 2 aromatic rings. The quantitative estimate of drug-likeness (QED) is 0.842. The maximum Gasteiger partial charge on any atom is 0.270 e. The molecule has 0 spiro atoms. The Morgan fingerprint density at radius 3 is 2.84 bits per heavy atom. The number of nitrogens with one attached hydrogen (secondary N) is 2. The van der Waals surface area contributed by atoms with Crippen LogP contribution in [0.5, 0.6) is 0 Å². The van der Waals surface area contributed by atoms with Crippen molar-refractivity contribution in [3.05, 3.63) is 39.8 Å². The lowest BCUT2D eigenvalue weighted by atomic mass is 9.96. The van der Waals surface area contributed by atoms with E-state index in [1.165, 1.54) is 23.3 Å². The predicted molar refractivity (Wildman–Crippen MR) is 74.1 cm³/mol. The summed E-state index contributed by atoms with van der Waals surface area (Å²) in [6.07, 6.45) is 7.73. The van der Waals surface area contributed by atoms with Crippen molar-refractivity contribution < 1.29 is 4.79 Å². The molecule has 5 nitrogen and oxygen atoms in total. The molecule has 1 aliphatic carbocycles. The van der Waals surface area contributed by atoms with Gasteiger partial charge >= 0.3 is 0 Å². The highest BCUT2D eigenvalue weighted by atomic mass is 32.1. The number of thiophene rings is 1. The van der Waals surface area contributed by atoms with Crippen LogP contribution in [0.1, 0.15) is 33.6 Å². The largest absolute Gasteiger partial charge is 0.270 e. The molecule has 0 unspecified atom stereocenters. The van der Waals surface area contributed by atoms with Crippen molar-refractivity contribution >= 4 is 23.2 Å². The van der Waals surface area contributed by atoms with E-state index in [-0.39, 0.29) is 5.91 Å². The zero-order chi connectivity index (χ0) is 13.1. The van der Waals surface area contributed by atoms with Gasteiger partial charge in [0.25, 0.3) is 5.91 Å². The summed E-state index contributed by atoms with van der Waals surface area (Å²) in [5.41, 5.74) is 7.36. The van der Waals surface area contributed by atoms with Gasteiger partial charge in [-0.1, -0.05) is 0 Å². The van der Waals surface area contributed by atoms with Crippen LogP contribution in [0.4, 0.5) is 5.95 Å². The number of carbonyl (C=O) groups is 1. The van der Waals surface area contributed by atoms with E-state index in [0.717, 1.165) is 18.4 Å².